The van der Waals surface area contributed by atoms with Crippen molar-refractivity contribution >= 4 is 5.91 Å². The Morgan fingerprint density at radius 3 is 2.38 bits per heavy atom. The number of benzene rings is 2. The lowest BCUT2D eigenvalue weighted by Gasteiger charge is -2.38. The van der Waals surface area contributed by atoms with Crippen LogP contribution in [-0.2, 0) is 17.8 Å². The second-order valence-electron chi connectivity index (χ2n) is 8.71. The molecule has 0 unspecified atom stereocenters. The Bertz CT molecular complexity index is 795. The number of hydrogen-bond donors (Lipinski definition) is 0. The Kier molecular flexibility index (Phi) is 6.19. The summed E-state index contributed by atoms with van der Waals surface area (Å²) in [5, 5.41) is 0. The van der Waals surface area contributed by atoms with E-state index in [1.807, 2.05) is 12.1 Å². The molecule has 0 bridgehead atoms. The summed E-state index contributed by atoms with van der Waals surface area (Å²) in [5.74, 6) is 1.18. The summed E-state index contributed by atoms with van der Waals surface area (Å²) in [6.45, 7) is 5.03. The third kappa shape index (κ3) is 4.99. The van der Waals surface area contributed by atoms with Gasteiger partial charge in [-0.1, -0.05) is 42.5 Å². The van der Waals surface area contributed by atoms with Gasteiger partial charge in [0.05, 0.1) is 7.11 Å². The Balaban J connectivity index is 1.24. The van der Waals surface area contributed by atoms with Gasteiger partial charge in [-0.15, -0.1) is 0 Å². The van der Waals surface area contributed by atoms with Crippen LogP contribution in [0, 0.1) is 5.41 Å². The van der Waals surface area contributed by atoms with Crippen molar-refractivity contribution in [3.05, 3.63) is 65.7 Å². The van der Waals surface area contributed by atoms with Gasteiger partial charge in [0.25, 0.3) is 0 Å². The van der Waals surface area contributed by atoms with Gasteiger partial charge in [-0.2, -0.15) is 0 Å². The fourth-order valence-corrected chi connectivity index (χ4v) is 4.81. The number of rotatable bonds is 7. The van der Waals surface area contributed by atoms with Crippen molar-refractivity contribution in [2.75, 3.05) is 33.3 Å². The summed E-state index contributed by atoms with van der Waals surface area (Å²) < 4.78 is 5.23. The van der Waals surface area contributed by atoms with Crippen LogP contribution in [-0.4, -0.2) is 49.0 Å². The molecule has 1 spiro atoms. The zero-order valence-electron chi connectivity index (χ0n) is 17.5. The van der Waals surface area contributed by atoms with Crippen LogP contribution in [0.4, 0.5) is 0 Å². The van der Waals surface area contributed by atoms with Gasteiger partial charge in [0.2, 0.25) is 5.91 Å². The van der Waals surface area contributed by atoms with Gasteiger partial charge in [-0.05, 0) is 74.0 Å². The van der Waals surface area contributed by atoms with Crippen LogP contribution in [0.15, 0.2) is 54.6 Å². The van der Waals surface area contributed by atoms with Crippen molar-refractivity contribution in [3.8, 4) is 5.75 Å². The second kappa shape index (κ2) is 9.00. The average Bonchev–Trinajstić information content (AvgIpc) is 3.05. The van der Waals surface area contributed by atoms with Gasteiger partial charge in [-0.3, -0.25) is 4.79 Å². The third-order valence-corrected chi connectivity index (χ3v) is 6.64. The maximum atomic E-state index is 12.7. The number of carbonyl (C=O) groups excluding carboxylic acids is 1. The molecule has 4 rings (SSSR count). The van der Waals surface area contributed by atoms with Gasteiger partial charge in [0, 0.05) is 19.5 Å². The molecule has 0 N–H and O–H groups in total. The van der Waals surface area contributed by atoms with Crippen LogP contribution < -0.4 is 4.74 Å². The van der Waals surface area contributed by atoms with Crippen molar-refractivity contribution < 1.29 is 9.53 Å². The number of hydrogen-bond acceptors (Lipinski definition) is 3. The predicted molar refractivity (Wildman–Crippen MR) is 116 cm³/mol. The molecule has 29 heavy (non-hydrogen) atoms. The molecule has 0 aliphatic carbocycles. The SMILES string of the molecule is COc1ccc(CN2CC3(CCN(CCCc4ccccc4)CC3)CC2=O)cc1. The van der Waals surface area contributed by atoms with E-state index in [9.17, 15) is 4.79 Å². The molecule has 4 nitrogen and oxygen atoms in total. The minimum Gasteiger partial charge on any atom is -0.497 e. The molecule has 154 valence electrons. The van der Waals surface area contributed by atoms with Crippen molar-refractivity contribution in [1.29, 1.82) is 0 Å². The van der Waals surface area contributed by atoms with Gasteiger partial charge >= 0.3 is 0 Å². The van der Waals surface area contributed by atoms with E-state index in [0.717, 1.165) is 57.6 Å². The lowest BCUT2D eigenvalue weighted by atomic mass is 9.77. The van der Waals surface area contributed by atoms with Crippen molar-refractivity contribution in [1.82, 2.24) is 9.80 Å². The molecule has 0 aromatic heterocycles. The van der Waals surface area contributed by atoms with Crippen LogP contribution in [0.2, 0.25) is 0 Å². The van der Waals surface area contributed by atoms with Gasteiger partial charge < -0.3 is 14.5 Å². The summed E-state index contributed by atoms with van der Waals surface area (Å²) >= 11 is 0. The molecule has 2 fully saturated rings. The first-order chi connectivity index (χ1) is 14.2. The summed E-state index contributed by atoms with van der Waals surface area (Å²) in [6, 6.07) is 18.8. The van der Waals surface area contributed by atoms with E-state index >= 15 is 0 Å². The van der Waals surface area contributed by atoms with Gasteiger partial charge in [0.1, 0.15) is 5.75 Å². The fourth-order valence-electron chi connectivity index (χ4n) is 4.81. The second-order valence-corrected chi connectivity index (χ2v) is 8.71. The Labute approximate surface area is 174 Å². The normalized spacial score (nSPS) is 19.1. The highest BCUT2D eigenvalue weighted by molar-refractivity contribution is 5.79. The van der Waals surface area contributed by atoms with Crippen LogP contribution >= 0.6 is 0 Å². The van der Waals surface area contributed by atoms with E-state index in [2.05, 4.69) is 52.3 Å². The molecule has 0 radical (unpaired) electrons. The Morgan fingerprint density at radius 1 is 0.966 bits per heavy atom. The standard InChI is InChI=1S/C25H32N2O2/c1-29-23-11-9-22(10-12-23)19-27-20-25(18-24(27)28)13-16-26(17-14-25)15-5-8-21-6-3-2-4-7-21/h2-4,6-7,9-12H,5,8,13-20H2,1H3. The molecule has 2 aliphatic heterocycles. The quantitative estimate of drug-likeness (QED) is 0.710. The number of nitrogens with zero attached hydrogens (tertiary/aromatic N) is 2. The fraction of sp³-hybridized carbons (Fsp3) is 0.480. The van der Waals surface area contributed by atoms with E-state index in [-0.39, 0.29) is 5.41 Å². The monoisotopic (exact) mass is 392 g/mol. The zero-order chi connectivity index (χ0) is 20.1. The third-order valence-electron chi connectivity index (χ3n) is 6.64. The molecular weight excluding hydrogens is 360 g/mol. The number of aryl methyl sites for hydroxylation is 1. The Morgan fingerprint density at radius 2 is 1.69 bits per heavy atom. The average molecular weight is 393 g/mol. The highest BCUT2D eigenvalue weighted by Gasteiger charge is 2.44. The molecule has 2 aliphatic rings. The summed E-state index contributed by atoms with van der Waals surface area (Å²) in [6.07, 6.45) is 5.36. The predicted octanol–water partition coefficient (Wildman–Crippen LogP) is 4.14. The van der Waals surface area contributed by atoms with E-state index in [4.69, 9.17) is 4.74 Å². The molecule has 4 heteroatoms. The zero-order valence-corrected chi connectivity index (χ0v) is 17.5. The number of likely N-dealkylation sites (tertiary alicyclic amines) is 2. The minimum absolute atomic E-state index is 0.194. The smallest absolute Gasteiger partial charge is 0.223 e. The minimum atomic E-state index is 0.194. The molecule has 1 amide bonds. The first kappa shape index (κ1) is 20.0. The molecule has 2 aromatic carbocycles. The maximum Gasteiger partial charge on any atom is 0.223 e. The van der Waals surface area contributed by atoms with E-state index < -0.39 is 0 Å². The van der Waals surface area contributed by atoms with Crippen molar-refractivity contribution in [3.63, 3.8) is 0 Å². The molecule has 0 saturated carbocycles. The lowest BCUT2D eigenvalue weighted by Crippen LogP contribution is -2.41. The number of carbonyl (C=O) groups is 1. The van der Waals surface area contributed by atoms with Crippen LogP contribution in [0.3, 0.4) is 0 Å². The van der Waals surface area contributed by atoms with Crippen LogP contribution in [0.25, 0.3) is 0 Å². The largest absolute Gasteiger partial charge is 0.497 e. The first-order valence-corrected chi connectivity index (χ1v) is 10.8. The van der Waals surface area contributed by atoms with E-state index in [1.165, 1.54) is 17.5 Å². The Hall–Kier alpha value is -2.33. The first-order valence-electron chi connectivity index (χ1n) is 10.8. The summed E-state index contributed by atoms with van der Waals surface area (Å²) in [5.41, 5.74) is 2.80. The maximum absolute atomic E-state index is 12.7. The molecule has 2 saturated heterocycles. The van der Waals surface area contributed by atoms with Gasteiger partial charge in [-0.25, -0.2) is 0 Å². The molecule has 0 atom stereocenters. The highest BCUT2D eigenvalue weighted by atomic mass is 16.5. The van der Waals surface area contributed by atoms with Crippen molar-refractivity contribution in [2.45, 2.75) is 38.6 Å². The van der Waals surface area contributed by atoms with Crippen LogP contribution in [0.5, 0.6) is 5.75 Å². The van der Waals surface area contributed by atoms with Crippen molar-refractivity contribution in [2.24, 2.45) is 5.41 Å². The van der Waals surface area contributed by atoms with Gasteiger partial charge in [0.15, 0.2) is 0 Å². The number of ether oxygens (including phenoxy) is 1. The summed E-state index contributed by atoms with van der Waals surface area (Å²) in [4.78, 5) is 17.3. The van der Waals surface area contributed by atoms with Crippen LogP contribution in [0.1, 0.15) is 36.8 Å². The lowest BCUT2D eigenvalue weighted by molar-refractivity contribution is -0.128. The molecular formula is C25H32N2O2. The van der Waals surface area contributed by atoms with E-state index in [1.54, 1.807) is 7.11 Å². The summed E-state index contributed by atoms with van der Waals surface area (Å²) in [7, 11) is 1.68. The molecule has 2 heterocycles. The number of piperidine rings is 1. The van der Waals surface area contributed by atoms with E-state index in [0.29, 0.717) is 12.5 Å². The number of methoxy groups -OCH3 is 1. The molecule has 2 aromatic rings. The highest BCUT2D eigenvalue weighted by Crippen LogP contribution is 2.41. The number of amides is 1. The topological polar surface area (TPSA) is 32.8 Å².